The van der Waals surface area contributed by atoms with Gasteiger partial charge in [0.1, 0.15) is 0 Å². The largest absolute Gasteiger partial charge is 0.273 e. The van der Waals surface area contributed by atoms with Gasteiger partial charge in [-0.2, -0.15) is 10.4 Å². The van der Waals surface area contributed by atoms with Crippen molar-refractivity contribution in [2.75, 3.05) is 0 Å². The molecule has 0 amide bonds. The van der Waals surface area contributed by atoms with Crippen molar-refractivity contribution in [2.45, 2.75) is 19.8 Å². The van der Waals surface area contributed by atoms with Crippen LogP contribution in [0.2, 0.25) is 0 Å². The zero-order valence-electron chi connectivity index (χ0n) is 12.7. The van der Waals surface area contributed by atoms with Crippen molar-refractivity contribution in [2.24, 2.45) is 16.8 Å². The molecule has 1 aromatic heterocycles. The predicted octanol–water partition coefficient (Wildman–Crippen LogP) is 3.33. The molecule has 0 radical (unpaired) electrons. The summed E-state index contributed by atoms with van der Waals surface area (Å²) < 4.78 is 0. The van der Waals surface area contributed by atoms with Gasteiger partial charge < -0.3 is 0 Å². The Bertz CT molecular complexity index is 831. The molecule has 2 aromatic rings. The fourth-order valence-electron chi connectivity index (χ4n) is 3.05. The van der Waals surface area contributed by atoms with Crippen LogP contribution in [0.15, 0.2) is 35.5 Å². The normalized spacial score (nSPS) is 19.8. The van der Waals surface area contributed by atoms with Crippen LogP contribution >= 0.6 is 0 Å². The van der Waals surface area contributed by atoms with Crippen LogP contribution in [0.5, 0.6) is 0 Å². The van der Waals surface area contributed by atoms with Gasteiger partial charge in [-0.1, -0.05) is 32.0 Å². The lowest BCUT2D eigenvalue weighted by atomic mass is 9.75. The molecule has 116 valence electrons. The van der Waals surface area contributed by atoms with Gasteiger partial charge in [0.2, 0.25) is 0 Å². The van der Waals surface area contributed by atoms with E-state index in [1.165, 1.54) is 6.07 Å². The minimum atomic E-state index is -0.554. The Morgan fingerprint density at radius 2 is 2.09 bits per heavy atom. The van der Waals surface area contributed by atoms with E-state index >= 15 is 0 Å². The molecule has 0 fully saturated rings. The van der Waals surface area contributed by atoms with Crippen LogP contribution < -0.4 is 0 Å². The van der Waals surface area contributed by atoms with E-state index in [9.17, 15) is 15.4 Å². The summed E-state index contributed by atoms with van der Waals surface area (Å²) in [5.74, 6) is -0.379. The lowest BCUT2D eigenvalue weighted by Crippen LogP contribution is -2.29. The number of nitro benzene ring substituents is 1. The van der Waals surface area contributed by atoms with Crippen LogP contribution in [0.1, 0.15) is 30.9 Å². The molecule has 23 heavy (non-hydrogen) atoms. The van der Waals surface area contributed by atoms with Crippen molar-refractivity contribution in [3.63, 3.8) is 0 Å². The lowest BCUT2D eigenvalue weighted by molar-refractivity contribution is -0.385. The first kappa shape index (κ1) is 14.9. The number of aromatic amines is 1. The molecule has 1 aliphatic heterocycles. The summed E-state index contributed by atoms with van der Waals surface area (Å²) in [5, 5.41) is 27.9. The summed E-state index contributed by atoms with van der Waals surface area (Å²) in [6, 6.07) is 8.82. The average Bonchev–Trinajstić information content (AvgIpc) is 3.00. The smallest absolute Gasteiger partial charge is 0.261 e. The molecule has 7 heteroatoms. The van der Waals surface area contributed by atoms with E-state index in [0.29, 0.717) is 17.1 Å². The number of rotatable bonds is 3. The molecule has 1 aliphatic rings. The third kappa shape index (κ3) is 2.38. The molecule has 0 bridgehead atoms. The number of hydrogen-bond acceptors (Lipinski definition) is 5. The summed E-state index contributed by atoms with van der Waals surface area (Å²) in [6.07, 6.45) is 1.60. The third-order valence-corrected chi connectivity index (χ3v) is 4.07. The standard InChI is InChI=1S/C16H15N5O2/c1-9(2)15-11(7-17)14(12-8-18-20-16(12)19-15)10-5-3-4-6-13(10)21(22)23/h3-6,8-9,11,14H,1-2H3,(H,18,20). The third-order valence-electron chi connectivity index (χ3n) is 4.07. The van der Waals surface area contributed by atoms with Gasteiger partial charge in [0.25, 0.3) is 5.69 Å². The van der Waals surface area contributed by atoms with E-state index in [1.807, 2.05) is 13.8 Å². The Balaban J connectivity index is 2.25. The van der Waals surface area contributed by atoms with Gasteiger partial charge >= 0.3 is 0 Å². The van der Waals surface area contributed by atoms with Crippen molar-refractivity contribution < 1.29 is 4.92 Å². The Kier molecular flexibility index (Phi) is 3.66. The molecule has 2 atom stereocenters. The van der Waals surface area contributed by atoms with Crippen LogP contribution in [-0.2, 0) is 0 Å². The quantitative estimate of drug-likeness (QED) is 0.692. The van der Waals surface area contributed by atoms with Crippen LogP contribution in [0.25, 0.3) is 0 Å². The van der Waals surface area contributed by atoms with Crippen molar-refractivity contribution in [1.82, 2.24) is 10.2 Å². The number of para-hydroxylation sites is 1. The number of nitrogens with one attached hydrogen (secondary N) is 1. The van der Waals surface area contributed by atoms with Crippen LogP contribution in [0.3, 0.4) is 0 Å². The highest BCUT2D eigenvalue weighted by atomic mass is 16.6. The first-order valence-corrected chi connectivity index (χ1v) is 7.29. The number of aliphatic imine (C=N–C) groups is 1. The SMILES string of the molecule is CC(C)C1=Nc2[nH]ncc2C(c2ccccc2[N+](=O)[O-])C1C#N. The molecular formula is C16H15N5O2. The Morgan fingerprint density at radius 3 is 2.74 bits per heavy atom. The van der Waals surface area contributed by atoms with E-state index in [0.717, 1.165) is 5.56 Å². The maximum atomic E-state index is 11.4. The lowest BCUT2D eigenvalue weighted by Gasteiger charge is -2.28. The molecule has 2 unspecified atom stereocenters. The fourth-order valence-corrected chi connectivity index (χ4v) is 3.05. The molecule has 2 heterocycles. The van der Waals surface area contributed by atoms with Gasteiger partial charge in [-0.25, -0.2) is 4.99 Å². The van der Waals surface area contributed by atoms with Crippen molar-refractivity contribution in [3.8, 4) is 6.07 Å². The molecule has 0 spiro atoms. The van der Waals surface area contributed by atoms with Gasteiger partial charge in [-0.15, -0.1) is 0 Å². The number of benzene rings is 1. The minimum Gasteiger partial charge on any atom is -0.261 e. The minimum absolute atomic E-state index is 0.00917. The Labute approximate surface area is 132 Å². The predicted molar refractivity (Wildman–Crippen MR) is 84.6 cm³/mol. The topological polar surface area (TPSA) is 108 Å². The molecule has 0 saturated carbocycles. The monoisotopic (exact) mass is 309 g/mol. The first-order valence-electron chi connectivity index (χ1n) is 7.29. The maximum Gasteiger partial charge on any atom is 0.273 e. The number of fused-ring (bicyclic) bond motifs is 1. The number of H-pyrrole nitrogens is 1. The van der Waals surface area contributed by atoms with Crippen molar-refractivity contribution in [3.05, 3.63) is 51.7 Å². The van der Waals surface area contributed by atoms with Crippen molar-refractivity contribution in [1.29, 1.82) is 5.26 Å². The zero-order valence-corrected chi connectivity index (χ0v) is 12.7. The molecule has 1 aromatic carbocycles. The van der Waals surface area contributed by atoms with E-state index in [4.69, 9.17) is 0 Å². The number of aromatic nitrogens is 2. The zero-order chi connectivity index (χ0) is 16.6. The van der Waals surface area contributed by atoms with Crippen LogP contribution in [0, 0.1) is 33.3 Å². The number of nitriles is 1. The summed E-state index contributed by atoms with van der Waals surface area (Å²) in [5.41, 5.74) is 1.96. The molecule has 0 aliphatic carbocycles. The molecular weight excluding hydrogens is 294 g/mol. The highest BCUT2D eigenvalue weighted by molar-refractivity contribution is 5.95. The summed E-state index contributed by atoms with van der Waals surface area (Å²) >= 11 is 0. The van der Waals surface area contributed by atoms with E-state index < -0.39 is 16.8 Å². The van der Waals surface area contributed by atoms with Gasteiger partial charge in [0.15, 0.2) is 5.82 Å². The summed E-state index contributed by atoms with van der Waals surface area (Å²) in [4.78, 5) is 15.5. The van der Waals surface area contributed by atoms with Crippen LogP contribution in [-0.4, -0.2) is 20.8 Å². The number of hydrogen-bond donors (Lipinski definition) is 1. The van der Waals surface area contributed by atoms with Gasteiger partial charge in [-0.3, -0.25) is 15.2 Å². The van der Waals surface area contributed by atoms with E-state index in [1.54, 1.807) is 24.4 Å². The van der Waals surface area contributed by atoms with Gasteiger partial charge in [-0.05, 0) is 5.92 Å². The fraction of sp³-hybridized carbons (Fsp3) is 0.312. The second-order valence-electron chi connectivity index (χ2n) is 5.77. The van der Waals surface area contributed by atoms with E-state index in [-0.39, 0.29) is 11.6 Å². The highest BCUT2D eigenvalue weighted by Gasteiger charge is 2.39. The average molecular weight is 309 g/mol. The molecule has 0 saturated heterocycles. The Morgan fingerprint density at radius 1 is 1.35 bits per heavy atom. The van der Waals surface area contributed by atoms with Crippen LogP contribution in [0.4, 0.5) is 11.5 Å². The van der Waals surface area contributed by atoms with Gasteiger partial charge in [0, 0.05) is 28.8 Å². The molecule has 7 nitrogen and oxygen atoms in total. The summed E-state index contributed by atoms with van der Waals surface area (Å²) in [6.45, 7) is 3.92. The second-order valence-corrected chi connectivity index (χ2v) is 5.77. The maximum absolute atomic E-state index is 11.4. The number of nitro groups is 1. The van der Waals surface area contributed by atoms with E-state index in [2.05, 4.69) is 21.3 Å². The second kappa shape index (κ2) is 5.65. The van der Waals surface area contributed by atoms with Gasteiger partial charge in [0.05, 0.1) is 23.1 Å². The first-order chi connectivity index (χ1) is 11.0. The van der Waals surface area contributed by atoms with Crippen molar-refractivity contribution >= 4 is 17.2 Å². The number of nitrogens with zero attached hydrogens (tertiary/aromatic N) is 4. The molecule has 1 N–H and O–H groups in total. The summed E-state index contributed by atoms with van der Waals surface area (Å²) in [7, 11) is 0. The highest BCUT2D eigenvalue weighted by Crippen LogP contribution is 2.44. The Hall–Kier alpha value is -3.01. The molecule has 3 rings (SSSR count).